The van der Waals surface area contributed by atoms with E-state index in [2.05, 4.69) is 0 Å². The highest BCUT2D eigenvalue weighted by Gasteiger charge is 2.42. The monoisotopic (exact) mass is 265 g/mol. The maximum Gasteiger partial charge on any atom is 0.407 e. The minimum atomic E-state index is -4.67. The van der Waals surface area contributed by atoms with Crippen molar-refractivity contribution in [1.82, 2.24) is 5.32 Å². The van der Waals surface area contributed by atoms with Crippen LogP contribution in [0, 0.1) is 5.82 Å². The molecule has 0 bridgehead atoms. The molecule has 7 heteroatoms. The third-order valence-corrected chi connectivity index (χ3v) is 2.32. The molecule has 0 aliphatic carbocycles. The summed E-state index contributed by atoms with van der Waals surface area (Å²) < 4.78 is 51.0. The SMILES string of the molecule is C[C@@H](N[C@@H](c1ccc(F)cc1)C(F)(F)F)C(=O)O. The van der Waals surface area contributed by atoms with Gasteiger partial charge in [0.2, 0.25) is 0 Å². The summed E-state index contributed by atoms with van der Waals surface area (Å²) in [5, 5.41) is 10.5. The van der Waals surface area contributed by atoms with Crippen molar-refractivity contribution in [3.63, 3.8) is 0 Å². The number of benzene rings is 1. The molecule has 1 aromatic rings. The summed E-state index contributed by atoms with van der Waals surface area (Å²) in [4.78, 5) is 10.6. The van der Waals surface area contributed by atoms with Gasteiger partial charge in [-0.3, -0.25) is 10.1 Å². The van der Waals surface area contributed by atoms with Crippen LogP contribution in [0.1, 0.15) is 18.5 Å². The number of nitrogens with one attached hydrogen (secondary N) is 1. The Labute approximate surface area is 100 Å². The molecular formula is C11H11F4NO2. The number of carboxylic acid groups (broad SMARTS) is 1. The van der Waals surface area contributed by atoms with E-state index in [4.69, 9.17) is 5.11 Å². The minimum Gasteiger partial charge on any atom is -0.480 e. The van der Waals surface area contributed by atoms with Crippen molar-refractivity contribution in [3.05, 3.63) is 35.6 Å². The molecule has 2 N–H and O–H groups in total. The number of rotatable bonds is 4. The van der Waals surface area contributed by atoms with Gasteiger partial charge >= 0.3 is 12.1 Å². The van der Waals surface area contributed by atoms with Crippen LogP contribution in [0.2, 0.25) is 0 Å². The lowest BCUT2D eigenvalue weighted by molar-refractivity contribution is -0.162. The molecule has 0 heterocycles. The number of hydrogen-bond acceptors (Lipinski definition) is 2. The number of carboxylic acids is 1. The molecule has 0 amide bonds. The van der Waals surface area contributed by atoms with Gasteiger partial charge in [-0.1, -0.05) is 12.1 Å². The van der Waals surface area contributed by atoms with E-state index >= 15 is 0 Å². The van der Waals surface area contributed by atoms with Gasteiger partial charge in [0, 0.05) is 0 Å². The van der Waals surface area contributed by atoms with Crippen molar-refractivity contribution in [1.29, 1.82) is 0 Å². The van der Waals surface area contributed by atoms with Gasteiger partial charge in [0.15, 0.2) is 0 Å². The highest BCUT2D eigenvalue weighted by Crippen LogP contribution is 2.33. The molecule has 1 aromatic carbocycles. The zero-order valence-corrected chi connectivity index (χ0v) is 9.33. The van der Waals surface area contributed by atoms with E-state index in [0.29, 0.717) is 0 Å². The predicted molar refractivity (Wildman–Crippen MR) is 55.4 cm³/mol. The van der Waals surface area contributed by atoms with E-state index in [9.17, 15) is 22.4 Å². The summed E-state index contributed by atoms with van der Waals surface area (Å²) in [6.07, 6.45) is -4.67. The van der Waals surface area contributed by atoms with Crippen LogP contribution in [0.25, 0.3) is 0 Å². The number of halogens is 4. The topological polar surface area (TPSA) is 49.3 Å². The Kier molecular flexibility index (Phi) is 4.28. The molecule has 0 fully saturated rings. The third kappa shape index (κ3) is 3.69. The van der Waals surface area contributed by atoms with Gasteiger partial charge in [0.25, 0.3) is 0 Å². The Bertz CT molecular complexity index is 416. The summed E-state index contributed by atoms with van der Waals surface area (Å²) >= 11 is 0. The molecule has 0 aliphatic heterocycles. The molecule has 0 saturated carbocycles. The van der Waals surface area contributed by atoms with Crippen molar-refractivity contribution >= 4 is 5.97 Å². The first kappa shape index (κ1) is 14.4. The average molecular weight is 265 g/mol. The van der Waals surface area contributed by atoms with Crippen molar-refractivity contribution in [2.45, 2.75) is 25.2 Å². The molecule has 0 saturated heterocycles. The van der Waals surface area contributed by atoms with Crippen LogP contribution in [0.3, 0.4) is 0 Å². The van der Waals surface area contributed by atoms with Gasteiger partial charge in [0.05, 0.1) is 0 Å². The second-order valence-electron chi connectivity index (χ2n) is 3.75. The van der Waals surface area contributed by atoms with Gasteiger partial charge in [0.1, 0.15) is 17.9 Å². The number of hydrogen-bond donors (Lipinski definition) is 2. The third-order valence-electron chi connectivity index (χ3n) is 2.32. The summed E-state index contributed by atoms with van der Waals surface area (Å²) in [7, 11) is 0. The first-order valence-corrected chi connectivity index (χ1v) is 5.03. The maximum atomic E-state index is 12.8. The largest absolute Gasteiger partial charge is 0.480 e. The zero-order chi connectivity index (χ0) is 13.9. The van der Waals surface area contributed by atoms with Crippen molar-refractivity contribution < 1.29 is 27.5 Å². The Balaban J connectivity index is 2.99. The van der Waals surface area contributed by atoms with E-state index in [0.717, 1.165) is 31.2 Å². The highest BCUT2D eigenvalue weighted by atomic mass is 19.4. The first-order valence-electron chi connectivity index (χ1n) is 5.03. The van der Waals surface area contributed by atoms with Crippen LogP contribution < -0.4 is 5.32 Å². The molecule has 0 spiro atoms. The van der Waals surface area contributed by atoms with Crippen molar-refractivity contribution in [2.75, 3.05) is 0 Å². The van der Waals surface area contributed by atoms with Gasteiger partial charge in [-0.25, -0.2) is 4.39 Å². The number of carbonyl (C=O) groups is 1. The predicted octanol–water partition coefficient (Wildman–Crippen LogP) is 2.49. The molecule has 2 atom stereocenters. The van der Waals surface area contributed by atoms with Crippen LogP contribution in [-0.4, -0.2) is 23.3 Å². The molecule has 100 valence electrons. The van der Waals surface area contributed by atoms with Crippen molar-refractivity contribution in [3.8, 4) is 0 Å². The molecule has 0 aromatic heterocycles. The fourth-order valence-corrected chi connectivity index (χ4v) is 1.36. The van der Waals surface area contributed by atoms with E-state index in [1.54, 1.807) is 0 Å². The standard InChI is InChI=1S/C11H11F4NO2/c1-6(10(17)18)16-9(11(13,14)15)7-2-4-8(12)5-3-7/h2-6,9,16H,1H3,(H,17,18)/t6-,9+/m1/s1. The average Bonchev–Trinajstić information content (AvgIpc) is 2.25. The zero-order valence-electron chi connectivity index (χ0n) is 9.33. The van der Waals surface area contributed by atoms with E-state index < -0.39 is 30.0 Å². The summed E-state index contributed by atoms with van der Waals surface area (Å²) in [5.74, 6) is -2.06. The maximum absolute atomic E-state index is 12.8. The summed E-state index contributed by atoms with van der Waals surface area (Å²) in [5.41, 5.74) is -0.239. The van der Waals surface area contributed by atoms with Crippen LogP contribution in [0.15, 0.2) is 24.3 Å². The minimum absolute atomic E-state index is 0.239. The Morgan fingerprint density at radius 1 is 1.28 bits per heavy atom. The second-order valence-corrected chi connectivity index (χ2v) is 3.75. The normalized spacial score (nSPS) is 15.2. The van der Waals surface area contributed by atoms with E-state index in [1.165, 1.54) is 0 Å². The molecule has 0 radical (unpaired) electrons. The van der Waals surface area contributed by atoms with Crippen molar-refractivity contribution in [2.24, 2.45) is 0 Å². The Hall–Kier alpha value is -1.63. The van der Waals surface area contributed by atoms with Crippen LogP contribution >= 0.6 is 0 Å². The smallest absolute Gasteiger partial charge is 0.407 e. The van der Waals surface area contributed by atoms with E-state index in [-0.39, 0.29) is 5.56 Å². The molecule has 0 unspecified atom stereocenters. The first-order chi connectivity index (χ1) is 8.21. The molecule has 1 rings (SSSR count). The van der Waals surface area contributed by atoms with E-state index in [1.807, 2.05) is 5.32 Å². The lowest BCUT2D eigenvalue weighted by Crippen LogP contribution is -2.43. The highest BCUT2D eigenvalue weighted by molar-refractivity contribution is 5.72. The second kappa shape index (κ2) is 5.34. The van der Waals surface area contributed by atoms with Crippen LogP contribution in [0.5, 0.6) is 0 Å². The van der Waals surface area contributed by atoms with Gasteiger partial charge < -0.3 is 5.11 Å². The Morgan fingerprint density at radius 3 is 2.17 bits per heavy atom. The van der Waals surface area contributed by atoms with Gasteiger partial charge in [-0.05, 0) is 24.6 Å². The number of aliphatic carboxylic acids is 1. The molecular weight excluding hydrogens is 254 g/mol. The van der Waals surface area contributed by atoms with Crippen LogP contribution in [-0.2, 0) is 4.79 Å². The van der Waals surface area contributed by atoms with Gasteiger partial charge in [-0.2, -0.15) is 13.2 Å². The lowest BCUT2D eigenvalue weighted by atomic mass is 10.1. The molecule has 0 aliphatic rings. The fraction of sp³-hybridized carbons (Fsp3) is 0.364. The quantitative estimate of drug-likeness (QED) is 0.822. The summed E-state index contributed by atoms with van der Waals surface area (Å²) in [6, 6.07) is 0.192. The molecule has 18 heavy (non-hydrogen) atoms. The fourth-order valence-electron chi connectivity index (χ4n) is 1.36. The van der Waals surface area contributed by atoms with Gasteiger partial charge in [-0.15, -0.1) is 0 Å². The number of alkyl halides is 3. The molecule has 3 nitrogen and oxygen atoms in total. The Morgan fingerprint density at radius 2 is 1.78 bits per heavy atom. The summed E-state index contributed by atoms with van der Waals surface area (Å²) in [6.45, 7) is 1.10. The lowest BCUT2D eigenvalue weighted by Gasteiger charge is -2.24. The van der Waals surface area contributed by atoms with Crippen LogP contribution in [0.4, 0.5) is 17.6 Å².